The molecular formula is C13H12INOS. The van der Waals surface area contributed by atoms with E-state index in [2.05, 4.69) is 45.8 Å². The second-order valence-corrected chi connectivity index (χ2v) is 5.35. The predicted molar refractivity (Wildman–Crippen MR) is 80.7 cm³/mol. The number of hydrogen-bond acceptors (Lipinski definition) is 3. The zero-order chi connectivity index (χ0) is 12.3. The van der Waals surface area contributed by atoms with E-state index >= 15 is 0 Å². The summed E-state index contributed by atoms with van der Waals surface area (Å²) in [4.78, 5) is 4.44. The van der Waals surface area contributed by atoms with Crippen LogP contribution in [-0.2, 0) is 0 Å². The van der Waals surface area contributed by atoms with Crippen molar-refractivity contribution in [3.05, 3.63) is 40.1 Å². The number of para-hydroxylation sites is 1. The number of nitrogens with zero attached hydrogens (tertiary/aromatic N) is 1. The number of aromatic nitrogens is 1. The molecule has 0 saturated carbocycles. The van der Waals surface area contributed by atoms with Crippen LogP contribution in [0.25, 0.3) is 11.1 Å². The summed E-state index contributed by atoms with van der Waals surface area (Å²) in [6.07, 6.45) is 2.03. The molecule has 0 aliphatic rings. The average molecular weight is 357 g/mol. The molecule has 0 amide bonds. The Hall–Kier alpha value is -0.750. The molecular weight excluding hydrogens is 345 g/mol. The lowest BCUT2D eigenvalue weighted by atomic mass is 10.1. The maximum absolute atomic E-state index is 5.38. The Morgan fingerprint density at radius 1 is 1.24 bits per heavy atom. The summed E-state index contributed by atoms with van der Waals surface area (Å²) in [6, 6.07) is 12.2. The Balaban J connectivity index is 2.55. The molecule has 2 rings (SSSR count). The molecule has 4 heteroatoms. The normalized spacial score (nSPS) is 10.3. The molecule has 0 aliphatic carbocycles. The van der Waals surface area contributed by atoms with Crippen LogP contribution in [-0.4, -0.2) is 18.3 Å². The van der Waals surface area contributed by atoms with Crippen molar-refractivity contribution in [2.75, 3.05) is 13.4 Å². The monoisotopic (exact) mass is 357 g/mol. The second-order valence-electron chi connectivity index (χ2n) is 3.42. The summed E-state index contributed by atoms with van der Waals surface area (Å²) in [7, 11) is 1.69. The standard InChI is InChI=1S/C13H12INOS/c1-16-11-6-4-3-5-10(11)9-7-12(14)15-13(8-9)17-2/h3-8H,1-2H3. The van der Waals surface area contributed by atoms with E-state index in [1.54, 1.807) is 18.9 Å². The number of rotatable bonds is 3. The minimum absolute atomic E-state index is 0.890. The summed E-state index contributed by atoms with van der Waals surface area (Å²) < 4.78 is 6.38. The van der Waals surface area contributed by atoms with Crippen molar-refractivity contribution in [3.8, 4) is 16.9 Å². The molecule has 0 fully saturated rings. The highest BCUT2D eigenvalue weighted by molar-refractivity contribution is 14.1. The molecule has 17 heavy (non-hydrogen) atoms. The summed E-state index contributed by atoms with van der Waals surface area (Å²) in [5, 5.41) is 1.03. The van der Waals surface area contributed by atoms with Crippen LogP contribution in [0.4, 0.5) is 0 Å². The largest absolute Gasteiger partial charge is 0.496 e. The molecule has 88 valence electrons. The van der Waals surface area contributed by atoms with Crippen molar-refractivity contribution in [1.29, 1.82) is 0 Å². The lowest BCUT2D eigenvalue weighted by Crippen LogP contribution is -1.90. The van der Waals surface area contributed by atoms with Crippen LogP contribution < -0.4 is 4.74 Å². The van der Waals surface area contributed by atoms with Gasteiger partial charge in [0.05, 0.1) is 12.1 Å². The van der Waals surface area contributed by atoms with Gasteiger partial charge < -0.3 is 4.74 Å². The molecule has 1 aromatic carbocycles. The first-order valence-corrected chi connectivity index (χ1v) is 7.40. The maximum atomic E-state index is 5.38. The van der Waals surface area contributed by atoms with Crippen molar-refractivity contribution in [2.45, 2.75) is 5.03 Å². The van der Waals surface area contributed by atoms with Gasteiger partial charge >= 0.3 is 0 Å². The van der Waals surface area contributed by atoms with Crippen LogP contribution in [0.3, 0.4) is 0 Å². The highest BCUT2D eigenvalue weighted by Crippen LogP contribution is 2.31. The fourth-order valence-electron chi connectivity index (χ4n) is 1.62. The quantitative estimate of drug-likeness (QED) is 0.470. The van der Waals surface area contributed by atoms with E-state index in [-0.39, 0.29) is 0 Å². The summed E-state index contributed by atoms with van der Waals surface area (Å²) in [5.41, 5.74) is 2.25. The van der Waals surface area contributed by atoms with Crippen molar-refractivity contribution >= 4 is 34.4 Å². The highest BCUT2D eigenvalue weighted by atomic mass is 127. The Morgan fingerprint density at radius 2 is 2.00 bits per heavy atom. The van der Waals surface area contributed by atoms with Gasteiger partial charge in [0.2, 0.25) is 0 Å². The molecule has 0 unspecified atom stereocenters. The van der Waals surface area contributed by atoms with Gasteiger partial charge in [-0.3, -0.25) is 0 Å². The van der Waals surface area contributed by atoms with Crippen LogP contribution in [0.15, 0.2) is 41.4 Å². The number of thioether (sulfide) groups is 1. The van der Waals surface area contributed by atoms with Gasteiger partial charge in [-0.15, -0.1) is 11.8 Å². The van der Waals surface area contributed by atoms with Gasteiger partial charge in [-0.05, 0) is 52.6 Å². The first-order valence-electron chi connectivity index (χ1n) is 5.09. The van der Waals surface area contributed by atoms with Gasteiger partial charge in [-0.2, -0.15) is 0 Å². The number of benzene rings is 1. The highest BCUT2D eigenvalue weighted by Gasteiger charge is 2.07. The van der Waals surface area contributed by atoms with E-state index in [0.717, 1.165) is 25.6 Å². The van der Waals surface area contributed by atoms with Gasteiger partial charge in [-0.1, -0.05) is 18.2 Å². The fraction of sp³-hybridized carbons (Fsp3) is 0.154. The van der Waals surface area contributed by atoms with Crippen molar-refractivity contribution in [2.24, 2.45) is 0 Å². The van der Waals surface area contributed by atoms with Crippen molar-refractivity contribution < 1.29 is 4.74 Å². The predicted octanol–water partition coefficient (Wildman–Crippen LogP) is 4.08. The number of methoxy groups -OCH3 is 1. The van der Waals surface area contributed by atoms with Crippen LogP contribution in [0, 0.1) is 3.70 Å². The second kappa shape index (κ2) is 5.73. The van der Waals surface area contributed by atoms with Crippen LogP contribution in [0.2, 0.25) is 0 Å². The Bertz CT molecular complexity index is 531. The van der Waals surface area contributed by atoms with Gasteiger partial charge in [0.15, 0.2) is 0 Å². The van der Waals surface area contributed by atoms with E-state index in [9.17, 15) is 0 Å². The van der Waals surface area contributed by atoms with E-state index in [1.807, 2.05) is 24.5 Å². The lowest BCUT2D eigenvalue weighted by molar-refractivity contribution is 0.416. The zero-order valence-electron chi connectivity index (χ0n) is 9.61. The summed E-state index contributed by atoms with van der Waals surface area (Å²) in [5.74, 6) is 0.890. The smallest absolute Gasteiger partial charge is 0.126 e. The van der Waals surface area contributed by atoms with E-state index in [4.69, 9.17) is 4.74 Å². The number of halogens is 1. The van der Waals surface area contributed by atoms with E-state index in [1.165, 1.54) is 0 Å². The topological polar surface area (TPSA) is 22.1 Å². The number of pyridine rings is 1. The molecule has 0 atom stereocenters. The number of ether oxygens (including phenoxy) is 1. The molecule has 1 heterocycles. The first kappa shape index (κ1) is 12.7. The Kier molecular flexibility index (Phi) is 4.28. The van der Waals surface area contributed by atoms with Crippen molar-refractivity contribution in [1.82, 2.24) is 4.98 Å². The third-order valence-corrected chi connectivity index (χ3v) is 3.58. The van der Waals surface area contributed by atoms with Gasteiger partial charge in [0.1, 0.15) is 9.45 Å². The molecule has 0 aliphatic heterocycles. The van der Waals surface area contributed by atoms with Crippen LogP contribution >= 0.6 is 34.4 Å². The molecule has 0 saturated heterocycles. The molecule has 0 bridgehead atoms. The zero-order valence-corrected chi connectivity index (χ0v) is 12.6. The fourth-order valence-corrected chi connectivity index (χ4v) is 2.81. The third kappa shape index (κ3) is 2.93. The Labute approximate surface area is 119 Å². The molecule has 0 N–H and O–H groups in total. The average Bonchev–Trinajstić information content (AvgIpc) is 2.37. The van der Waals surface area contributed by atoms with Crippen LogP contribution in [0.5, 0.6) is 5.75 Å². The SMILES string of the molecule is COc1ccccc1-c1cc(I)nc(SC)c1. The third-order valence-electron chi connectivity index (χ3n) is 2.40. The van der Waals surface area contributed by atoms with Gasteiger partial charge in [0, 0.05) is 5.56 Å². The Morgan fingerprint density at radius 3 is 2.71 bits per heavy atom. The van der Waals surface area contributed by atoms with Gasteiger partial charge in [0.25, 0.3) is 0 Å². The molecule has 0 radical (unpaired) electrons. The number of hydrogen-bond donors (Lipinski definition) is 0. The minimum atomic E-state index is 0.890. The van der Waals surface area contributed by atoms with Crippen LogP contribution in [0.1, 0.15) is 0 Å². The molecule has 1 aromatic heterocycles. The van der Waals surface area contributed by atoms with E-state index < -0.39 is 0 Å². The van der Waals surface area contributed by atoms with E-state index in [0.29, 0.717) is 0 Å². The summed E-state index contributed by atoms with van der Waals surface area (Å²) in [6.45, 7) is 0. The minimum Gasteiger partial charge on any atom is -0.496 e. The molecule has 0 spiro atoms. The summed E-state index contributed by atoms with van der Waals surface area (Å²) >= 11 is 3.89. The molecule has 2 aromatic rings. The van der Waals surface area contributed by atoms with Gasteiger partial charge in [-0.25, -0.2) is 4.98 Å². The van der Waals surface area contributed by atoms with Crippen molar-refractivity contribution in [3.63, 3.8) is 0 Å². The lowest BCUT2D eigenvalue weighted by Gasteiger charge is -2.09. The molecule has 2 nitrogen and oxygen atoms in total. The first-order chi connectivity index (χ1) is 8.24. The maximum Gasteiger partial charge on any atom is 0.126 e.